The molecule has 0 bridgehead atoms. The number of anilines is 1. The molecule has 0 aliphatic carbocycles. The third-order valence-electron chi connectivity index (χ3n) is 4.48. The van der Waals surface area contributed by atoms with Crippen LogP contribution in [0.4, 0.5) is 10.5 Å². The van der Waals surface area contributed by atoms with Crippen molar-refractivity contribution in [2.45, 2.75) is 20.0 Å². The number of hydrogen-bond acceptors (Lipinski definition) is 6. The highest BCUT2D eigenvalue weighted by atomic mass is 32.2. The molecule has 0 saturated carbocycles. The number of carbonyl (C=O) groups excluding carboxylic acids is 2. The molecule has 1 atom stereocenters. The van der Waals surface area contributed by atoms with Gasteiger partial charge < -0.3 is 19.3 Å². The van der Waals surface area contributed by atoms with Crippen LogP contribution < -0.4 is 9.04 Å². The normalized spacial score (nSPS) is 15.7. The first kappa shape index (κ1) is 21.8. The Morgan fingerprint density at radius 3 is 2.14 bits per heavy atom. The molecule has 0 aromatic heterocycles. The monoisotopic (exact) mass is 413 g/mol. The molecule has 10 heteroatoms. The van der Waals surface area contributed by atoms with E-state index in [0.29, 0.717) is 44.2 Å². The lowest BCUT2D eigenvalue weighted by molar-refractivity contribution is -0.139. The number of piperazine rings is 1. The summed E-state index contributed by atoms with van der Waals surface area (Å²) < 4.78 is 35.0. The van der Waals surface area contributed by atoms with Gasteiger partial charge in [0.15, 0.2) is 6.10 Å². The molecule has 28 heavy (non-hydrogen) atoms. The maximum Gasteiger partial charge on any atom is 0.409 e. The Morgan fingerprint density at radius 2 is 1.64 bits per heavy atom. The van der Waals surface area contributed by atoms with Gasteiger partial charge in [-0.2, -0.15) is 0 Å². The molecule has 1 saturated heterocycles. The Labute approximate surface area is 165 Å². The third-order valence-corrected chi connectivity index (χ3v) is 5.68. The van der Waals surface area contributed by atoms with E-state index in [1.165, 1.54) is 7.05 Å². The van der Waals surface area contributed by atoms with Gasteiger partial charge in [0.2, 0.25) is 10.0 Å². The highest BCUT2D eigenvalue weighted by Gasteiger charge is 2.28. The quantitative estimate of drug-likeness (QED) is 0.694. The topological polar surface area (TPSA) is 96.5 Å². The van der Waals surface area contributed by atoms with Crippen molar-refractivity contribution in [3.05, 3.63) is 24.3 Å². The van der Waals surface area contributed by atoms with Gasteiger partial charge in [0.1, 0.15) is 5.75 Å². The van der Waals surface area contributed by atoms with Gasteiger partial charge in [-0.05, 0) is 38.1 Å². The van der Waals surface area contributed by atoms with Crippen molar-refractivity contribution in [1.29, 1.82) is 0 Å². The first-order valence-corrected chi connectivity index (χ1v) is 10.9. The molecule has 0 spiro atoms. The van der Waals surface area contributed by atoms with E-state index in [-0.39, 0.29) is 12.0 Å². The Balaban J connectivity index is 1.90. The molecular weight excluding hydrogens is 386 g/mol. The van der Waals surface area contributed by atoms with Gasteiger partial charge in [-0.25, -0.2) is 13.2 Å². The molecule has 1 aromatic carbocycles. The molecule has 1 heterocycles. The summed E-state index contributed by atoms with van der Waals surface area (Å²) in [5, 5.41) is 0. The summed E-state index contributed by atoms with van der Waals surface area (Å²) in [6, 6.07) is 6.48. The van der Waals surface area contributed by atoms with Gasteiger partial charge in [0.05, 0.1) is 18.6 Å². The van der Waals surface area contributed by atoms with Crippen molar-refractivity contribution in [2.75, 3.05) is 50.4 Å². The molecule has 0 radical (unpaired) electrons. The molecule has 2 amide bonds. The van der Waals surface area contributed by atoms with Crippen LogP contribution >= 0.6 is 0 Å². The lowest BCUT2D eigenvalue weighted by Gasteiger charge is -2.35. The number of rotatable bonds is 6. The zero-order chi connectivity index (χ0) is 20.9. The van der Waals surface area contributed by atoms with Crippen LogP contribution in [0.3, 0.4) is 0 Å². The number of benzene rings is 1. The molecule has 1 fully saturated rings. The van der Waals surface area contributed by atoms with E-state index < -0.39 is 16.1 Å². The summed E-state index contributed by atoms with van der Waals surface area (Å²) in [7, 11) is -1.87. The van der Waals surface area contributed by atoms with E-state index >= 15 is 0 Å². The van der Waals surface area contributed by atoms with Gasteiger partial charge in [-0.3, -0.25) is 9.10 Å². The Hall–Kier alpha value is -2.49. The standard InChI is InChI=1S/C18H27N3O6S/c1-5-26-18(23)21-12-10-20(11-13-21)17(22)14(2)27-16-8-6-15(7-9-16)19(3)28(4,24)25/h6-9,14H,5,10-13H2,1-4H3/t14-/m0/s1. The molecule has 1 aromatic rings. The summed E-state index contributed by atoms with van der Waals surface area (Å²) in [6.45, 7) is 5.42. The molecule has 0 N–H and O–H groups in total. The van der Waals surface area contributed by atoms with Crippen LogP contribution in [-0.4, -0.2) is 82.4 Å². The number of amides is 2. The van der Waals surface area contributed by atoms with Crippen LogP contribution in [0.25, 0.3) is 0 Å². The Bertz CT molecular complexity index is 788. The van der Waals surface area contributed by atoms with Crippen molar-refractivity contribution < 1.29 is 27.5 Å². The minimum atomic E-state index is -3.34. The van der Waals surface area contributed by atoms with Crippen LogP contribution in [0, 0.1) is 0 Å². The van der Waals surface area contributed by atoms with Crippen molar-refractivity contribution in [1.82, 2.24) is 9.80 Å². The van der Waals surface area contributed by atoms with Crippen LogP contribution in [0.1, 0.15) is 13.8 Å². The molecule has 156 valence electrons. The smallest absolute Gasteiger partial charge is 0.409 e. The first-order valence-electron chi connectivity index (χ1n) is 9.04. The van der Waals surface area contributed by atoms with E-state index in [0.717, 1.165) is 10.6 Å². The van der Waals surface area contributed by atoms with E-state index in [9.17, 15) is 18.0 Å². The van der Waals surface area contributed by atoms with Gasteiger partial charge in [0.25, 0.3) is 5.91 Å². The van der Waals surface area contributed by atoms with Crippen LogP contribution in [0.15, 0.2) is 24.3 Å². The zero-order valence-corrected chi connectivity index (χ0v) is 17.4. The molecule has 9 nitrogen and oxygen atoms in total. The number of hydrogen-bond donors (Lipinski definition) is 0. The Kier molecular flexibility index (Phi) is 7.11. The molecular formula is C18H27N3O6S. The van der Waals surface area contributed by atoms with Crippen molar-refractivity contribution in [2.24, 2.45) is 0 Å². The number of ether oxygens (including phenoxy) is 2. The van der Waals surface area contributed by atoms with E-state index in [1.807, 2.05) is 0 Å². The third kappa shape index (κ3) is 5.51. The molecule has 1 aliphatic heterocycles. The van der Waals surface area contributed by atoms with Crippen LogP contribution in [-0.2, 0) is 19.6 Å². The van der Waals surface area contributed by atoms with Gasteiger partial charge in [0, 0.05) is 33.2 Å². The minimum Gasteiger partial charge on any atom is -0.481 e. The fourth-order valence-corrected chi connectivity index (χ4v) is 3.27. The predicted molar refractivity (Wildman–Crippen MR) is 105 cm³/mol. The van der Waals surface area contributed by atoms with Gasteiger partial charge in [-0.1, -0.05) is 0 Å². The van der Waals surface area contributed by atoms with E-state index in [4.69, 9.17) is 9.47 Å². The minimum absolute atomic E-state index is 0.166. The number of nitrogens with zero attached hydrogens (tertiary/aromatic N) is 3. The highest BCUT2D eigenvalue weighted by molar-refractivity contribution is 7.92. The van der Waals surface area contributed by atoms with E-state index in [2.05, 4.69) is 0 Å². The second kappa shape index (κ2) is 9.13. The van der Waals surface area contributed by atoms with Crippen LogP contribution in [0.5, 0.6) is 5.75 Å². The first-order chi connectivity index (χ1) is 13.1. The van der Waals surface area contributed by atoms with Crippen LogP contribution in [0.2, 0.25) is 0 Å². The fourth-order valence-electron chi connectivity index (χ4n) is 2.76. The Morgan fingerprint density at radius 1 is 1.11 bits per heavy atom. The van der Waals surface area contributed by atoms with Crippen molar-refractivity contribution in [3.63, 3.8) is 0 Å². The number of carbonyl (C=O) groups is 2. The van der Waals surface area contributed by atoms with Crippen molar-refractivity contribution >= 4 is 27.7 Å². The lowest BCUT2D eigenvalue weighted by atomic mass is 10.2. The molecule has 2 rings (SSSR count). The van der Waals surface area contributed by atoms with E-state index in [1.54, 1.807) is 47.9 Å². The van der Waals surface area contributed by atoms with Gasteiger partial charge >= 0.3 is 6.09 Å². The lowest BCUT2D eigenvalue weighted by Crippen LogP contribution is -2.53. The van der Waals surface area contributed by atoms with Gasteiger partial charge in [-0.15, -0.1) is 0 Å². The summed E-state index contributed by atoms with van der Waals surface area (Å²) in [4.78, 5) is 27.5. The highest BCUT2D eigenvalue weighted by Crippen LogP contribution is 2.21. The summed E-state index contributed by atoms with van der Waals surface area (Å²) >= 11 is 0. The zero-order valence-electron chi connectivity index (χ0n) is 16.6. The molecule has 1 aliphatic rings. The summed E-state index contributed by atoms with van der Waals surface area (Å²) in [6.07, 6.45) is 0.0607. The summed E-state index contributed by atoms with van der Waals surface area (Å²) in [5.41, 5.74) is 0.504. The fraction of sp³-hybridized carbons (Fsp3) is 0.556. The predicted octanol–water partition coefficient (Wildman–Crippen LogP) is 1.15. The summed E-state index contributed by atoms with van der Waals surface area (Å²) in [5.74, 6) is 0.303. The van der Waals surface area contributed by atoms with Crippen molar-refractivity contribution in [3.8, 4) is 5.75 Å². The molecule has 0 unspecified atom stereocenters. The largest absolute Gasteiger partial charge is 0.481 e. The maximum absolute atomic E-state index is 12.6. The average Bonchev–Trinajstić information content (AvgIpc) is 2.67. The average molecular weight is 413 g/mol. The maximum atomic E-state index is 12.6. The number of sulfonamides is 1. The second-order valence-electron chi connectivity index (χ2n) is 6.50. The SMILES string of the molecule is CCOC(=O)N1CCN(C(=O)[C@H](C)Oc2ccc(N(C)S(C)(=O)=O)cc2)CC1. The second-order valence-corrected chi connectivity index (χ2v) is 8.51.